The summed E-state index contributed by atoms with van der Waals surface area (Å²) in [6.45, 7) is 12.1. The highest BCUT2D eigenvalue weighted by molar-refractivity contribution is 5.65. The van der Waals surface area contributed by atoms with Crippen LogP contribution in [0.5, 0.6) is 0 Å². The Hall–Kier alpha value is -0.690. The van der Waals surface area contributed by atoms with Crippen LogP contribution < -0.4 is 0 Å². The van der Waals surface area contributed by atoms with Crippen LogP contribution in [0, 0.1) is 5.92 Å². The molecule has 0 aliphatic carbocycles. The van der Waals surface area contributed by atoms with E-state index in [0.29, 0.717) is 25.7 Å². The maximum atomic E-state index is 10.1. The number of carbonyl (C=O) groups excluding carboxylic acids is 1. The number of esters is 1. The van der Waals surface area contributed by atoms with Gasteiger partial charge < -0.3 is 24.4 Å². The molecule has 6 nitrogen and oxygen atoms in total. The first-order valence-corrected chi connectivity index (χ1v) is 7.34. The topological polar surface area (TPSA) is 85.2 Å². The van der Waals surface area contributed by atoms with E-state index in [4.69, 9.17) is 19.7 Å². The molecule has 0 saturated carbocycles. The Balaban J connectivity index is 0. The summed E-state index contributed by atoms with van der Waals surface area (Å²) in [5.41, 5.74) is 0. The first-order valence-electron chi connectivity index (χ1n) is 7.34. The molecule has 0 aliphatic heterocycles. The Morgan fingerprint density at radius 1 is 0.952 bits per heavy atom. The monoisotopic (exact) mass is 308 g/mol. The lowest BCUT2D eigenvalue weighted by Gasteiger charge is -2.16. The van der Waals surface area contributed by atoms with Crippen LogP contribution >= 0.6 is 0 Å². The molecule has 0 fully saturated rings. The maximum absolute atomic E-state index is 10.1. The van der Waals surface area contributed by atoms with Crippen LogP contribution in [0.1, 0.15) is 41.5 Å². The van der Waals surface area contributed by atoms with Crippen molar-refractivity contribution < 1.29 is 29.2 Å². The zero-order chi connectivity index (χ0) is 16.8. The van der Waals surface area contributed by atoms with E-state index in [0.717, 1.165) is 0 Å². The van der Waals surface area contributed by atoms with Gasteiger partial charge in [-0.25, -0.2) is 0 Å². The summed E-state index contributed by atoms with van der Waals surface area (Å²) in [5, 5.41) is 17.6. The number of rotatable bonds is 9. The van der Waals surface area contributed by atoms with Gasteiger partial charge in [-0.1, -0.05) is 13.8 Å². The fraction of sp³-hybridized carbons (Fsp3) is 0.933. The first-order chi connectivity index (χ1) is 9.68. The smallest absolute Gasteiger partial charge is 0.302 e. The predicted octanol–water partition coefficient (Wildman–Crippen LogP) is 1.38. The average molecular weight is 308 g/mol. The van der Waals surface area contributed by atoms with Crippen molar-refractivity contribution >= 4 is 5.97 Å². The maximum Gasteiger partial charge on any atom is 0.302 e. The highest BCUT2D eigenvalue weighted by Gasteiger charge is 2.07. The highest BCUT2D eigenvalue weighted by atomic mass is 16.5. The van der Waals surface area contributed by atoms with E-state index < -0.39 is 6.10 Å². The Morgan fingerprint density at radius 3 is 1.81 bits per heavy atom. The van der Waals surface area contributed by atoms with Crippen LogP contribution in [0.2, 0.25) is 0 Å². The molecule has 2 N–H and O–H groups in total. The normalized spacial score (nSPS) is 14.9. The minimum absolute atomic E-state index is 0.0170. The lowest BCUT2D eigenvalue weighted by molar-refractivity contribution is -0.141. The lowest BCUT2D eigenvalue weighted by Crippen LogP contribution is -2.24. The molecule has 0 radical (unpaired) electrons. The van der Waals surface area contributed by atoms with Crippen molar-refractivity contribution in [3.63, 3.8) is 0 Å². The quantitative estimate of drug-likeness (QED) is 0.626. The van der Waals surface area contributed by atoms with Gasteiger partial charge in [-0.2, -0.15) is 0 Å². The Morgan fingerprint density at radius 2 is 1.48 bits per heavy atom. The molecular formula is C15H32O6. The van der Waals surface area contributed by atoms with Crippen LogP contribution in [0.25, 0.3) is 0 Å². The van der Waals surface area contributed by atoms with Gasteiger partial charge in [-0.15, -0.1) is 0 Å². The average Bonchev–Trinajstić information content (AvgIpc) is 2.40. The fourth-order valence-electron chi connectivity index (χ4n) is 0.988. The van der Waals surface area contributed by atoms with Crippen LogP contribution in [-0.2, 0) is 19.0 Å². The van der Waals surface area contributed by atoms with Crippen molar-refractivity contribution in [2.24, 2.45) is 5.92 Å². The second kappa shape index (κ2) is 14.3. The van der Waals surface area contributed by atoms with Crippen LogP contribution in [0.3, 0.4) is 0 Å². The molecule has 0 saturated heterocycles. The number of hydrogen-bond acceptors (Lipinski definition) is 6. The van der Waals surface area contributed by atoms with E-state index in [-0.39, 0.29) is 24.8 Å². The molecule has 128 valence electrons. The van der Waals surface area contributed by atoms with Gasteiger partial charge in [0.25, 0.3) is 0 Å². The molecule has 0 aromatic rings. The van der Waals surface area contributed by atoms with Gasteiger partial charge in [-0.05, 0) is 26.7 Å². The van der Waals surface area contributed by atoms with E-state index in [9.17, 15) is 4.79 Å². The van der Waals surface area contributed by atoms with Crippen molar-refractivity contribution in [3.05, 3.63) is 0 Å². The molecule has 0 aliphatic rings. The summed E-state index contributed by atoms with van der Waals surface area (Å²) < 4.78 is 15.1. The van der Waals surface area contributed by atoms with Gasteiger partial charge in [0.2, 0.25) is 0 Å². The van der Waals surface area contributed by atoms with E-state index in [2.05, 4.69) is 4.74 Å². The van der Waals surface area contributed by atoms with Gasteiger partial charge in [-0.3, -0.25) is 4.79 Å². The third-order valence-corrected chi connectivity index (χ3v) is 2.11. The van der Waals surface area contributed by atoms with Gasteiger partial charge in [0.15, 0.2) is 0 Å². The zero-order valence-corrected chi connectivity index (χ0v) is 14.2. The second-order valence-electron chi connectivity index (χ2n) is 5.52. The predicted molar refractivity (Wildman–Crippen MR) is 81.1 cm³/mol. The molecule has 0 rings (SSSR count). The van der Waals surface area contributed by atoms with Crippen LogP contribution in [0.4, 0.5) is 0 Å². The molecule has 3 atom stereocenters. The van der Waals surface area contributed by atoms with Gasteiger partial charge in [0, 0.05) is 6.92 Å². The summed E-state index contributed by atoms with van der Waals surface area (Å²) in [6.07, 6.45) is -0.654. The largest absolute Gasteiger partial charge is 0.466 e. The standard InChI is InChI=1S/C9H20O4.C6H12O2/c1-7(11)5-12-9(3)6-13-8(2)4-10;1-5(2)4-8-6(3)7/h7-11H,4-6H2,1-3H3;5H,4H2,1-3H3. The number of aliphatic hydroxyl groups excluding tert-OH is 2. The molecule has 3 unspecified atom stereocenters. The van der Waals surface area contributed by atoms with Crippen molar-refractivity contribution in [2.75, 3.05) is 26.4 Å². The minimum Gasteiger partial charge on any atom is -0.466 e. The molecular weight excluding hydrogens is 276 g/mol. The lowest BCUT2D eigenvalue weighted by atomic mass is 10.2. The Bertz CT molecular complexity index is 242. The van der Waals surface area contributed by atoms with Gasteiger partial charge >= 0.3 is 5.97 Å². The fourth-order valence-corrected chi connectivity index (χ4v) is 0.988. The zero-order valence-electron chi connectivity index (χ0n) is 14.2. The molecule has 0 aromatic heterocycles. The molecule has 21 heavy (non-hydrogen) atoms. The van der Waals surface area contributed by atoms with Crippen molar-refractivity contribution in [1.82, 2.24) is 0 Å². The molecule has 0 bridgehead atoms. The van der Waals surface area contributed by atoms with E-state index in [1.807, 2.05) is 20.8 Å². The Labute approximate surface area is 128 Å². The third kappa shape index (κ3) is 21.8. The summed E-state index contributed by atoms with van der Waals surface area (Å²) in [4.78, 5) is 10.1. The van der Waals surface area contributed by atoms with E-state index in [1.54, 1.807) is 13.8 Å². The SMILES string of the molecule is CC(=O)OCC(C)C.CC(O)COC(C)COC(C)CO. The molecule has 6 heteroatoms. The van der Waals surface area contributed by atoms with E-state index in [1.165, 1.54) is 6.92 Å². The van der Waals surface area contributed by atoms with E-state index >= 15 is 0 Å². The van der Waals surface area contributed by atoms with Crippen LogP contribution in [-0.4, -0.2) is 60.9 Å². The highest BCUT2D eigenvalue weighted by Crippen LogP contribution is 1.97. The summed E-state index contributed by atoms with van der Waals surface area (Å²) in [6, 6.07) is 0. The summed E-state index contributed by atoms with van der Waals surface area (Å²) in [7, 11) is 0. The molecule has 0 heterocycles. The van der Waals surface area contributed by atoms with Crippen molar-refractivity contribution in [2.45, 2.75) is 59.9 Å². The number of aliphatic hydroxyl groups is 2. The number of carbonyl (C=O) groups is 1. The third-order valence-electron chi connectivity index (χ3n) is 2.11. The summed E-state index contributed by atoms with van der Waals surface area (Å²) >= 11 is 0. The Kier molecular flexibility index (Phi) is 15.3. The molecule has 0 aromatic carbocycles. The first kappa shape index (κ1) is 22.6. The minimum atomic E-state index is -0.447. The van der Waals surface area contributed by atoms with Crippen LogP contribution in [0.15, 0.2) is 0 Å². The number of ether oxygens (including phenoxy) is 3. The molecule has 0 amide bonds. The number of hydrogen-bond donors (Lipinski definition) is 2. The summed E-state index contributed by atoms with van der Waals surface area (Å²) in [5.74, 6) is 0.248. The second-order valence-corrected chi connectivity index (χ2v) is 5.52. The molecule has 0 spiro atoms. The van der Waals surface area contributed by atoms with Gasteiger partial charge in [0.1, 0.15) is 0 Å². The van der Waals surface area contributed by atoms with Crippen molar-refractivity contribution in [3.8, 4) is 0 Å². The van der Waals surface area contributed by atoms with Gasteiger partial charge in [0.05, 0.1) is 44.7 Å². The van der Waals surface area contributed by atoms with Crippen molar-refractivity contribution in [1.29, 1.82) is 0 Å².